The molecular weight excluding hydrogens is 284 g/mol. The summed E-state index contributed by atoms with van der Waals surface area (Å²) < 4.78 is 1.06. The summed E-state index contributed by atoms with van der Waals surface area (Å²) in [6.07, 6.45) is 0.0600. The Morgan fingerprint density at radius 1 is 1.53 bits per heavy atom. The molecule has 0 saturated carbocycles. The lowest BCUT2D eigenvalue weighted by Crippen LogP contribution is -2.44. The zero-order valence-corrected chi connectivity index (χ0v) is 10.8. The van der Waals surface area contributed by atoms with Crippen molar-refractivity contribution in [1.29, 1.82) is 0 Å². The molecule has 90 valence electrons. The number of hydrogen-bond donors (Lipinski definition) is 2. The van der Waals surface area contributed by atoms with Crippen molar-refractivity contribution in [2.75, 3.05) is 18.4 Å². The molecule has 2 heterocycles. The number of amides is 1. The SMILES string of the molecule is O=C(O)N1CC[C@@H]2Nc3c(Br)cccc3[C@@H]2C1. The quantitative estimate of drug-likeness (QED) is 0.774. The fourth-order valence-electron chi connectivity index (χ4n) is 2.80. The van der Waals surface area contributed by atoms with Gasteiger partial charge in [-0.2, -0.15) is 0 Å². The van der Waals surface area contributed by atoms with Crippen molar-refractivity contribution in [2.45, 2.75) is 18.4 Å². The van der Waals surface area contributed by atoms with E-state index in [4.69, 9.17) is 5.11 Å². The van der Waals surface area contributed by atoms with Crippen LogP contribution in [0.3, 0.4) is 0 Å². The van der Waals surface area contributed by atoms with E-state index in [-0.39, 0.29) is 5.92 Å². The van der Waals surface area contributed by atoms with E-state index in [9.17, 15) is 4.79 Å². The van der Waals surface area contributed by atoms with Crippen LogP contribution in [0.1, 0.15) is 17.9 Å². The van der Waals surface area contributed by atoms with Crippen LogP contribution >= 0.6 is 15.9 Å². The molecule has 0 bridgehead atoms. The van der Waals surface area contributed by atoms with E-state index in [0.717, 1.165) is 16.6 Å². The van der Waals surface area contributed by atoms with Crippen LogP contribution in [0.5, 0.6) is 0 Å². The predicted molar refractivity (Wildman–Crippen MR) is 68.5 cm³/mol. The van der Waals surface area contributed by atoms with Gasteiger partial charge in [-0.15, -0.1) is 0 Å². The van der Waals surface area contributed by atoms with Crippen LogP contribution < -0.4 is 5.32 Å². The van der Waals surface area contributed by atoms with Crippen LogP contribution in [0.25, 0.3) is 0 Å². The monoisotopic (exact) mass is 296 g/mol. The van der Waals surface area contributed by atoms with Gasteiger partial charge in [0.05, 0.1) is 5.69 Å². The topological polar surface area (TPSA) is 52.6 Å². The molecule has 17 heavy (non-hydrogen) atoms. The lowest BCUT2D eigenvalue weighted by Gasteiger charge is -2.33. The largest absolute Gasteiger partial charge is 0.465 e. The average molecular weight is 297 g/mol. The highest BCUT2D eigenvalue weighted by atomic mass is 79.9. The third-order valence-electron chi connectivity index (χ3n) is 3.66. The van der Waals surface area contributed by atoms with Gasteiger partial charge in [-0.1, -0.05) is 12.1 Å². The molecule has 0 spiro atoms. The smallest absolute Gasteiger partial charge is 0.407 e. The number of halogens is 1. The van der Waals surface area contributed by atoms with Gasteiger partial charge in [-0.25, -0.2) is 4.79 Å². The second kappa shape index (κ2) is 3.91. The normalized spacial score (nSPS) is 26.1. The third kappa shape index (κ3) is 1.69. The van der Waals surface area contributed by atoms with Gasteiger partial charge in [0.15, 0.2) is 0 Å². The minimum Gasteiger partial charge on any atom is -0.465 e. The van der Waals surface area contributed by atoms with Crippen LogP contribution in [0.4, 0.5) is 10.5 Å². The van der Waals surface area contributed by atoms with Crippen LogP contribution in [0.2, 0.25) is 0 Å². The molecule has 2 atom stereocenters. The van der Waals surface area contributed by atoms with Gasteiger partial charge in [0, 0.05) is 29.5 Å². The van der Waals surface area contributed by atoms with E-state index in [0.29, 0.717) is 19.1 Å². The van der Waals surface area contributed by atoms with E-state index in [1.54, 1.807) is 0 Å². The molecule has 0 aliphatic carbocycles. The molecule has 5 heteroatoms. The summed E-state index contributed by atoms with van der Waals surface area (Å²) in [5.74, 6) is 0.285. The molecule has 4 nitrogen and oxygen atoms in total. The number of fused-ring (bicyclic) bond motifs is 3. The van der Waals surface area contributed by atoms with E-state index < -0.39 is 6.09 Å². The Morgan fingerprint density at radius 2 is 2.35 bits per heavy atom. The van der Waals surface area contributed by atoms with E-state index in [1.165, 1.54) is 10.5 Å². The summed E-state index contributed by atoms with van der Waals surface area (Å²) >= 11 is 3.53. The van der Waals surface area contributed by atoms with Gasteiger partial charge in [0.25, 0.3) is 0 Å². The van der Waals surface area contributed by atoms with Crippen LogP contribution in [-0.2, 0) is 0 Å². The number of nitrogens with zero attached hydrogens (tertiary/aromatic N) is 1. The van der Waals surface area contributed by atoms with E-state index in [1.807, 2.05) is 12.1 Å². The summed E-state index contributed by atoms with van der Waals surface area (Å²) in [4.78, 5) is 12.5. The average Bonchev–Trinajstić information content (AvgIpc) is 2.68. The first kappa shape index (κ1) is 10.9. The number of anilines is 1. The Morgan fingerprint density at radius 3 is 3.12 bits per heavy atom. The number of nitrogens with one attached hydrogen (secondary N) is 1. The van der Waals surface area contributed by atoms with Gasteiger partial charge >= 0.3 is 6.09 Å². The molecule has 1 saturated heterocycles. The number of carbonyl (C=O) groups is 1. The fraction of sp³-hybridized carbons (Fsp3) is 0.417. The molecule has 0 unspecified atom stereocenters. The third-order valence-corrected chi connectivity index (χ3v) is 4.32. The highest BCUT2D eigenvalue weighted by Crippen LogP contribution is 2.43. The summed E-state index contributed by atoms with van der Waals surface area (Å²) in [5, 5.41) is 12.6. The number of hydrogen-bond acceptors (Lipinski definition) is 2. The van der Waals surface area contributed by atoms with E-state index >= 15 is 0 Å². The van der Waals surface area contributed by atoms with Crippen molar-refractivity contribution in [3.05, 3.63) is 28.2 Å². The second-order valence-electron chi connectivity index (χ2n) is 4.58. The minimum atomic E-state index is -0.813. The molecule has 2 aliphatic heterocycles. The van der Waals surface area contributed by atoms with Gasteiger partial charge in [-0.3, -0.25) is 0 Å². The van der Waals surface area contributed by atoms with Gasteiger partial charge in [0.2, 0.25) is 0 Å². The predicted octanol–water partition coefficient (Wildman–Crippen LogP) is 2.71. The maximum absolute atomic E-state index is 11.0. The van der Waals surface area contributed by atoms with Crippen molar-refractivity contribution in [3.8, 4) is 0 Å². The summed E-state index contributed by atoms with van der Waals surface area (Å²) in [6, 6.07) is 6.48. The van der Waals surface area contributed by atoms with Gasteiger partial charge in [-0.05, 0) is 34.0 Å². The van der Waals surface area contributed by atoms with Crippen LogP contribution in [0.15, 0.2) is 22.7 Å². The van der Waals surface area contributed by atoms with Crippen LogP contribution in [0, 0.1) is 0 Å². The number of piperidine rings is 1. The van der Waals surface area contributed by atoms with Crippen molar-refractivity contribution in [3.63, 3.8) is 0 Å². The molecule has 1 fully saturated rings. The summed E-state index contributed by atoms with van der Waals surface area (Å²) in [7, 11) is 0. The first-order valence-electron chi connectivity index (χ1n) is 5.69. The zero-order chi connectivity index (χ0) is 12.0. The van der Waals surface area contributed by atoms with Gasteiger partial charge in [0.1, 0.15) is 0 Å². The van der Waals surface area contributed by atoms with Crippen molar-refractivity contribution in [1.82, 2.24) is 4.90 Å². The maximum atomic E-state index is 11.0. The fourth-order valence-corrected chi connectivity index (χ4v) is 3.30. The molecule has 0 radical (unpaired) electrons. The highest BCUT2D eigenvalue weighted by molar-refractivity contribution is 9.10. The Kier molecular flexibility index (Phi) is 2.50. The lowest BCUT2D eigenvalue weighted by molar-refractivity contribution is 0.129. The van der Waals surface area contributed by atoms with Crippen LogP contribution in [-0.4, -0.2) is 35.2 Å². The second-order valence-corrected chi connectivity index (χ2v) is 5.43. The summed E-state index contributed by atoms with van der Waals surface area (Å²) in [6.45, 7) is 1.21. The number of likely N-dealkylation sites (tertiary alicyclic amines) is 1. The molecule has 1 aromatic carbocycles. The standard InChI is InChI=1S/C12H13BrN2O2/c13-9-3-1-2-7-8-6-15(12(16)17)5-4-10(8)14-11(7)9/h1-3,8,10,14H,4-6H2,(H,16,17)/t8-,10-/m0/s1. The highest BCUT2D eigenvalue weighted by Gasteiger charge is 2.38. The maximum Gasteiger partial charge on any atom is 0.407 e. The van der Waals surface area contributed by atoms with Gasteiger partial charge < -0.3 is 15.3 Å². The molecule has 2 N–H and O–H groups in total. The first-order valence-corrected chi connectivity index (χ1v) is 6.49. The molecule has 3 rings (SSSR count). The number of para-hydroxylation sites is 1. The number of carboxylic acid groups (broad SMARTS) is 1. The Bertz CT molecular complexity index is 478. The number of benzene rings is 1. The van der Waals surface area contributed by atoms with E-state index in [2.05, 4.69) is 27.3 Å². The minimum absolute atomic E-state index is 0.285. The molecular formula is C12H13BrN2O2. The molecule has 1 aromatic rings. The van der Waals surface area contributed by atoms with Crippen molar-refractivity contribution >= 4 is 27.7 Å². The molecule has 1 amide bonds. The lowest BCUT2D eigenvalue weighted by atomic mass is 9.90. The summed E-state index contributed by atoms with van der Waals surface area (Å²) in [5.41, 5.74) is 2.37. The van der Waals surface area contributed by atoms with Crippen molar-refractivity contribution in [2.24, 2.45) is 0 Å². The first-order chi connectivity index (χ1) is 8.16. The Labute approximate surface area is 108 Å². The Balaban J connectivity index is 1.93. The Hall–Kier alpha value is -1.23. The molecule has 2 aliphatic rings. The zero-order valence-electron chi connectivity index (χ0n) is 9.19. The number of rotatable bonds is 0. The molecule has 0 aromatic heterocycles. The van der Waals surface area contributed by atoms with Crippen molar-refractivity contribution < 1.29 is 9.90 Å².